The molecule has 29 heavy (non-hydrogen) atoms. The highest BCUT2D eigenvalue weighted by Crippen LogP contribution is 2.52. The van der Waals surface area contributed by atoms with Crippen LogP contribution in [0.25, 0.3) is 21.9 Å². The van der Waals surface area contributed by atoms with Gasteiger partial charge in [-0.1, -0.05) is 23.7 Å². The van der Waals surface area contributed by atoms with Crippen molar-refractivity contribution in [3.8, 4) is 21.9 Å². The first-order chi connectivity index (χ1) is 13.7. The van der Waals surface area contributed by atoms with Crippen LogP contribution in [0.1, 0.15) is 24.6 Å². The average molecular weight is 449 g/mol. The molecule has 1 fully saturated rings. The largest absolute Gasteiger partial charge is 0.423 e. The number of halogens is 1. The van der Waals surface area contributed by atoms with Crippen molar-refractivity contribution < 1.29 is 12.8 Å². The van der Waals surface area contributed by atoms with Gasteiger partial charge in [0.25, 0.3) is 0 Å². The molecule has 3 heterocycles. The summed E-state index contributed by atoms with van der Waals surface area (Å²) >= 11 is 7.97. The van der Waals surface area contributed by atoms with Crippen LogP contribution in [0.4, 0.5) is 0 Å². The second kappa shape index (κ2) is 6.13. The summed E-state index contributed by atoms with van der Waals surface area (Å²) < 4.78 is 30.1. The number of hydrogen-bond donors (Lipinski definition) is 1. The molecule has 1 aromatic carbocycles. The summed E-state index contributed by atoms with van der Waals surface area (Å²) in [5, 5.41) is 8.12. The van der Waals surface area contributed by atoms with Crippen molar-refractivity contribution >= 4 is 38.6 Å². The zero-order valence-corrected chi connectivity index (χ0v) is 17.8. The first-order valence-electron chi connectivity index (χ1n) is 8.99. The fraction of sp³-hybridized carbons (Fsp3) is 0.316. The molecule has 1 aliphatic carbocycles. The Morgan fingerprint density at radius 3 is 2.66 bits per heavy atom. The summed E-state index contributed by atoms with van der Waals surface area (Å²) in [7, 11) is -3.40. The second-order valence-corrected chi connectivity index (χ2v) is 11.4. The lowest BCUT2D eigenvalue weighted by Gasteiger charge is -2.33. The Hall–Kier alpha value is -2.23. The molecule has 1 atom stereocenters. The lowest BCUT2D eigenvalue weighted by atomic mass is 10.0. The van der Waals surface area contributed by atoms with Gasteiger partial charge in [-0.05, 0) is 43.5 Å². The van der Waals surface area contributed by atoms with Gasteiger partial charge >= 0.3 is 0 Å². The number of thiophene rings is 1. The van der Waals surface area contributed by atoms with Crippen LogP contribution in [0.2, 0.25) is 5.02 Å². The van der Waals surface area contributed by atoms with Crippen molar-refractivity contribution in [2.45, 2.75) is 30.1 Å². The minimum atomic E-state index is -3.40. The van der Waals surface area contributed by atoms with Crippen molar-refractivity contribution in [2.24, 2.45) is 10.7 Å². The van der Waals surface area contributed by atoms with E-state index in [1.54, 1.807) is 6.92 Å². The van der Waals surface area contributed by atoms with Gasteiger partial charge in [0.2, 0.25) is 12.3 Å². The van der Waals surface area contributed by atoms with E-state index >= 15 is 0 Å². The number of hydrogen-bond acceptors (Lipinski definition) is 8. The number of sulfone groups is 1. The van der Waals surface area contributed by atoms with E-state index in [-0.39, 0.29) is 11.6 Å². The molecule has 150 valence electrons. The van der Waals surface area contributed by atoms with E-state index in [9.17, 15) is 8.42 Å². The van der Waals surface area contributed by atoms with Gasteiger partial charge < -0.3 is 10.2 Å². The third-order valence-electron chi connectivity index (χ3n) is 5.53. The monoisotopic (exact) mass is 448 g/mol. The molecule has 0 saturated heterocycles. The maximum atomic E-state index is 12.9. The van der Waals surface area contributed by atoms with Crippen LogP contribution in [0, 0.1) is 0 Å². The van der Waals surface area contributed by atoms with Gasteiger partial charge in [-0.2, -0.15) is 0 Å². The van der Waals surface area contributed by atoms with Gasteiger partial charge in [-0.15, -0.1) is 21.5 Å². The predicted octanol–water partition coefficient (Wildman–Crippen LogP) is 3.65. The molecule has 1 spiro atoms. The zero-order valence-electron chi connectivity index (χ0n) is 15.4. The molecular weight excluding hydrogens is 432 g/mol. The molecule has 3 aromatic rings. The molecule has 1 aliphatic heterocycles. The first kappa shape index (κ1) is 18.8. The van der Waals surface area contributed by atoms with Crippen LogP contribution < -0.4 is 5.73 Å². The van der Waals surface area contributed by atoms with Crippen molar-refractivity contribution in [3.63, 3.8) is 0 Å². The van der Waals surface area contributed by atoms with Crippen molar-refractivity contribution in [3.05, 3.63) is 46.6 Å². The van der Waals surface area contributed by atoms with Gasteiger partial charge in [-0.3, -0.25) is 4.99 Å². The average Bonchev–Trinajstić information content (AvgIpc) is 3.13. The van der Waals surface area contributed by atoms with E-state index in [4.69, 9.17) is 21.8 Å². The van der Waals surface area contributed by atoms with Crippen molar-refractivity contribution in [1.82, 2.24) is 10.2 Å². The van der Waals surface area contributed by atoms with Crippen LogP contribution in [0.3, 0.4) is 0 Å². The maximum Gasteiger partial charge on any atom is 0.247 e. The van der Waals surface area contributed by atoms with Gasteiger partial charge in [0.05, 0.1) is 15.7 Å². The quantitative estimate of drug-likeness (QED) is 0.654. The first-order valence-corrected chi connectivity index (χ1v) is 11.8. The molecule has 5 rings (SSSR count). The number of rotatable bonds is 3. The third kappa shape index (κ3) is 2.83. The van der Waals surface area contributed by atoms with E-state index in [1.807, 2.05) is 30.3 Å². The molecular formula is C19H17ClN4O3S2. The smallest absolute Gasteiger partial charge is 0.247 e. The summed E-state index contributed by atoms with van der Waals surface area (Å²) in [5.74, 6) is 0.533. The Balaban J connectivity index is 1.57. The lowest BCUT2D eigenvalue weighted by Crippen LogP contribution is -2.50. The van der Waals surface area contributed by atoms with E-state index < -0.39 is 20.1 Å². The fourth-order valence-corrected chi connectivity index (χ4v) is 7.88. The fourth-order valence-electron chi connectivity index (χ4n) is 3.85. The molecule has 1 unspecified atom stereocenters. The highest BCUT2D eigenvalue weighted by molar-refractivity contribution is 7.94. The Morgan fingerprint density at radius 1 is 1.24 bits per heavy atom. The minimum absolute atomic E-state index is 0.0948. The Morgan fingerprint density at radius 2 is 2.00 bits per heavy atom. The number of aromatic nitrogens is 2. The molecule has 0 bridgehead atoms. The van der Waals surface area contributed by atoms with Crippen LogP contribution in [-0.4, -0.2) is 35.0 Å². The van der Waals surface area contributed by atoms with Crippen LogP contribution in [-0.2, 0) is 15.4 Å². The lowest BCUT2D eigenvalue weighted by molar-refractivity contribution is 0.520. The molecule has 0 radical (unpaired) electrons. The normalized spacial score (nSPS) is 24.4. The van der Waals surface area contributed by atoms with E-state index in [0.717, 1.165) is 16.0 Å². The molecule has 0 amide bonds. The van der Waals surface area contributed by atoms with Gasteiger partial charge in [0, 0.05) is 10.4 Å². The second-order valence-electron chi connectivity index (χ2n) is 7.64. The number of aliphatic imine (C=N–C) groups is 1. The summed E-state index contributed by atoms with van der Waals surface area (Å²) in [6, 6.07) is 9.47. The number of amidine groups is 1. The number of benzene rings is 1. The molecule has 2 aliphatic rings. The van der Waals surface area contributed by atoms with Crippen molar-refractivity contribution in [2.75, 3.05) is 5.75 Å². The van der Waals surface area contributed by atoms with Crippen molar-refractivity contribution in [1.29, 1.82) is 0 Å². The van der Waals surface area contributed by atoms with Crippen LogP contribution in [0.15, 0.2) is 46.1 Å². The van der Waals surface area contributed by atoms with Gasteiger partial charge in [0.1, 0.15) is 16.1 Å². The highest BCUT2D eigenvalue weighted by Gasteiger charge is 2.62. The molecule has 1 saturated carbocycles. The zero-order chi connectivity index (χ0) is 20.4. The SMILES string of the molecule is CC1(c2sc(-c3cccc(-c4nnco4)c3)cc2Cl)CS(=O)(=O)C2(CC2)C(N)=N1. The maximum absolute atomic E-state index is 12.9. The minimum Gasteiger partial charge on any atom is -0.423 e. The predicted molar refractivity (Wildman–Crippen MR) is 113 cm³/mol. The van der Waals surface area contributed by atoms with Gasteiger partial charge in [0.15, 0.2) is 9.84 Å². The highest BCUT2D eigenvalue weighted by atomic mass is 35.5. The van der Waals surface area contributed by atoms with E-state index in [1.165, 1.54) is 17.7 Å². The summed E-state index contributed by atoms with van der Waals surface area (Å²) in [6.07, 6.45) is 2.38. The van der Waals surface area contributed by atoms with E-state index in [2.05, 4.69) is 15.2 Å². The number of nitrogens with zero attached hydrogens (tertiary/aromatic N) is 3. The van der Waals surface area contributed by atoms with Crippen LogP contribution >= 0.6 is 22.9 Å². The summed E-state index contributed by atoms with van der Waals surface area (Å²) in [6.45, 7) is 1.78. The Labute approximate surface area is 176 Å². The molecule has 7 nitrogen and oxygen atoms in total. The van der Waals surface area contributed by atoms with E-state index in [0.29, 0.717) is 28.6 Å². The topological polar surface area (TPSA) is 111 Å². The Kier molecular flexibility index (Phi) is 3.97. The summed E-state index contributed by atoms with van der Waals surface area (Å²) in [5.41, 5.74) is 6.82. The van der Waals surface area contributed by atoms with Crippen LogP contribution in [0.5, 0.6) is 0 Å². The number of nitrogens with two attached hydrogens (primary N) is 1. The standard InChI is InChI=1S/C19H17ClN4O3S2/c1-18(9-29(25,26)19(5-6-19)17(21)23-18)15-13(20)8-14(28-15)11-3-2-4-12(7-11)16-24-22-10-27-16/h2-4,7-8,10H,5-6,9H2,1H3,(H2,21,23). The molecule has 2 aromatic heterocycles. The Bertz CT molecular complexity index is 1250. The van der Waals surface area contributed by atoms with Gasteiger partial charge in [-0.25, -0.2) is 8.42 Å². The molecule has 2 N–H and O–H groups in total. The summed E-state index contributed by atoms with van der Waals surface area (Å²) in [4.78, 5) is 6.22. The molecule has 10 heteroatoms. The third-order valence-corrected chi connectivity index (χ3v) is 10.1.